The Balaban J connectivity index is 1.84. The second-order valence-electron chi connectivity index (χ2n) is 4.22. The van der Waals surface area contributed by atoms with Gasteiger partial charge in [-0.15, -0.1) is 0 Å². The molecule has 0 aliphatic carbocycles. The maximum absolute atomic E-state index is 9.45. The highest BCUT2D eigenvalue weighted by Gasteiger charge is 2.22. The van der Waals surface area contributed by atoms with E-state index in [-0.39, 0.29) is 12.0 Å². The van der Waals surface area contributed by atoms with Gasteiger partial charge in [0.25, 0.3) is 0 Å². The van der Waals surface area contributed by atoms with E-state index in [1.165, 1.54) is 0 Å². The van der Waals surface area contributed by atoms with E-state index in [0.29, 0.717) is 5.75 Å². The lowest BCUT2D eigenvalue weighted by molar-refractivity contribution is 0.282. The number of aliphatic hydroxyl groups is 1. The molecule has 4 heteroatoms. The summed E-state index contributed by atoms with van der Waals surface area (Å²) in [5, 5.41) is 22.0. The van der Waals surface area contributed by atoms with E-state index in [1.54, 1.807) is 23.9 Å². The SMILES string of the molecule is OCc1ccc(C2Nc3ccc(O)cc3S2)cc1. The summed E-state index contributed by atoms with van der Waals surface area (Å²) in [6, 6.07) is 13.2. The molecule has 3 rings (SSSR count). The van der Waals surface area contributed by atoms with Crippen molar-refractivity contribution in [3.63, 3.8) is 0 Å². The van der Waals surface area contributed by atoms with Crippen molar-refractivity contribution in [3.8, 4) is 5.75 Å². The van der Waals surface area contributed by atoms with Crippen LogP contribution in [0.3, 0.4) is 0 Å². The number of aromatic hydroxyl groups is 1. The summed E-state index contributed by atoms with van der Waals surface area (Å²) >= 11 is 1.68. The molecule has 0 spiro atoms. The Bertz CT molecular complexity index is 569. The Kier molecular flexibility index (Phi) is 2.89. The topological polar surface area (TPSA) is 52.5 Å². The molecule has 0 saturated heterocycles. The Labute approximate surface area is 109 Å². The lowest BCUT2D eigenvalue weighted by Crippen LogP contribution is -2.01. The first-order chi connectivity index (χ1) is 8.76. The second kappa shape index (κ2) is 4.55. The molecule has 1 unspecified atom stereocenters. The highest BCUT2D eigenvalue weighted by Crippen LogP contribution is 2.47. The Hall–Kier alpha value is -1.65. The van der Waals surface area contributed by atoms with Gasteiger partial charge in [0.05, 0.1) is 6.61 Å². The zero-order valence-corrected chi connectivity index (χ0v) is 10.4. The first-order valence-electron chi connectivity index (χ1n) is 5.72. The summed E-state index contributed by atoms with van der Waals surface area (Å²) in [5.74, 6) is 0.291. The van der Waals surface area contributed by atoms with Crippen LogP contribution in [-0.2, 0) is 6.61 Å². The van der Waals surface area contributed by atoms with Crippen molar-refractivity contribution in [1.29, 1.82) is 0 Å². The number of hydrogen-bond acceptors (Lipinski definition) is 4. The van der Waals surface area contributed by atoms with E-state index >= 15 is 0 Å². The number of thioether (sulfide) groups is 1. The number of phenols is 1. The number of aliphatic hydroxyl groups excluding tert-OH is 1. The van der Waals surface area contributed by atoms with Gasteiger partial charge in [-0.25, -0.2) is 0 Å². The fraction of sp³-hybridized carbons (Fsp3) is 0.143. The third kappa shape index (κ3) is 2.05. The predicted molar refractivity (Wildman–Crippen MR) is 72.7 cm³/mol. The minimum atomic E-state index is 0.0691. The molecule has 3 N–H and O–H groups in total. The van der Waals surface area contributed by atoms with Crippen molar-refractivity contribution in [2.75, 3.05) is 5.32 Å². The monoisotopic (exact) mass is 259 g/mol. The molecular weight excluding hydrogens is 246 g/mol. The highest BCUT2D eigenvalue weighted by atomic mass is 32.2. The fourth-order valence-corrected chi connectivity index (χ4v) is 3.15. The summed E-state index contributed by atoms with van der Waals surface area (Å²) in [5.41, 5.74) is 3.12. The van der Waals surface area contributed by atoms with Crippen molar-refractivity contribution in [2.24, 2.45) is 0 Å². The first kappa shape index (κ1) is 11.4. The number of hydrogen-bond donors (Lipinski definition) is 3. The average Bonchev–Trinajstić information content (AvgIpc) is 2.81. The van der Waals surface area contributed by atoms with Crippen LogP contribution in [0, 0.1) is 0 Å². The van der Waals surface area contributed by atoms with Crippen LogP contribution in [0.2, 0.25) is 0 Å². The lowest BCUT2D eigenvalue weighted by atomic mass is 10.1. The zero-order valence-electron chi connectivity index (χ0n) is 9.63. The number of anilines is 1. The normalized spacial score (nSPS) is 17.3. The highest BCUT2D eigenvalue weighted by molar-refractivity contribution is 8.00. The first-order valence-corrected chi connectivity index (χ1v) is 6.60. The van der Waals surface area contributed by atoms with E-state index in [0.717, 1.165) is 21.7 Å². The quantitative estimate of drug-likeness (QED) is 0.725. The molecule has 18 heavy (non-hydrogen) atoms. The summed E-state index contributed by atoms with van der Waals surface area (Å²) in [6.07, 6.45) is 0. The summed E-state index contributed by atoms with van der Waals surface area (Å²) in [4.78, 5) is 1.06. The van der Waals surface area contributed by atoms with Gasteiger partial charge in [-0.05, 0) is 29.3 Å². The minimum absolute atomic E-state index is 0.0691. The number of benzene rings is 2. The van der Waals surface area contributed by atoms with Crippen molar-refractivity contribution in [2.45, 2.75) is 16.9 Å². The molecule has 2 aromatic rings. The zero-order chi connectivity index (χ0) is 12.5. The Morgan fingerprint density at radius 3 is 2.61 bits per heavy atom. The van der Waals surface area contributed by atoms with E-state index in [2.05, 4.69) is 5.32 Å². The van der Waals surface area contributed by atoms with Crippen LogP contribution in [0.5, 0.6) is 5.75 Å². The van der Waals surface area contributed by atoms with Gasteiger partial charge in [-0.3, -0.25) is 0 Å². The van der Waals surface area contributed by atoms with Crippen molar-refractivity contribution in [1.82, 2.24) is 0 Å². The van der Waals surface area contributed by atoms with Gasteiger partial charge in [0.2, 0.25) is 0 Å². The smallest absolute Gasteiger partial charge is 0.116 e. The summed E-state index contributed by atoms with van der Waals surface area (Å²) < 4.78 is 0. The van der Waals surface area contributed by atoms with Crippen molar-refractivity contribution < 1.29 is 10.2 Å². The molecular formula is C14H13NO2S. The number of nitrogens with one attached hydrogen (secondary N) is 1. The Morgan fingerprint density at radius 1 is 1.11 bits per heavy atom. The number of rotatable bonds is 2. The molecule has 0 aromatic heterocycles. The van der Waals surface area contributed by atoms with Gasteiger partial charge >= 0.3 is 0 Å². The van der Waals surface area contributed by atoms with Gasteiger partial charge in [0, 0.05) is 10.6 Å². The fourth-order valence-electron chi connectivity index (χ4n) is 1.97. The Morgan fingerprint density at radius 2 is 1.89 bits per heavy atom. The van der Waals surface area contributed by atoms with E-state index in [9.17, 15) is 5.11 Å². The molecule has 1 heterocycles. The van der Waals surface area contributed by atoms with Crippen LogP contribution in [0.4, 0.5) is 5.69 Å². The lowest BCUT2D eigenvalue weighted by Gasteiger charge is -2.11. The maximum Gasteiger partial charge on any atom is 0.116 e. The van der Waals surface area contributed by atoms with Crippen LogP contribution in [0.1, 0.15) is 16.5 Å². The van der Waals surface area contributed by atoms with Gasteiger partial charge in [0.1, 0.15) is 11.1 Å². The van der Waals surface area contributed by atoms with Gasteiger partial charge in [-0.1, -0.05) is 36.0 Å². The number of fused-ring (bicyclic) bond motifs is 1. The second-order valence-corrected chi connectivity index (χ2v) is 5.37. The van der Waals surface area contributed by atoms with Gasteiger partial charge in [-0.2, -0.15) is 0 Å². The molecule has 0 bridgehead atoms. The molecule has 0 radical (unpaired) electrons. The molecule has 0 saturated carbocycles. The third-order valence-corrected chi connectivity index (χ3v) is 4.18. The molecule has 3 nitrogen and oxygen atoms in total. The summed E-state index contributed by atoms with van der Waals surface area (Å²) in [6.45, 7) is 0.0691. The molecule has 0 amide bonds. The van der Waals surface area contributed by atoms with E-state index in [4.69, 9.17) is 5.11 Å². The summed E-state index contributed by atoms with van der Waals surface area (Å²) in [7, 11) is 0. The van der Waals surface area contributed by atoms with E-state index < -0.39 is 0 Å². The van der Waals surface area contributed by atoms with Crippen LogP contribution in [0.15, 0.2) is 47.4 Å². The largest absolute Gasteiger partial charge is 0.508 e. The molecule has 1 aliphatic heterocycles. The molecule has 1 atom stereocenters. The van der Waals surface area contributed by atoms with Gasteiger partial charge in [0.15, 0.2) is 0 Å². The molecule has 1 aliphatic rings. The van der Waals surface area contributed by atoms with Crippen LogP contribution >= 0.6 is 11.8 Å². The molecule has 92 valence electrons. The molecule has 0 fully saturated rings. The minimum Gasteiger partial charge on any atom is -0.508 e. The van der Waals surface area contributed by atoms with E-state index in [1.807, 2.05) is 30.3 Å². The van der Waals surface area contributed by atoms with Crippen LogP contribution in [-0.4, -0.2) is 10.2 Å². The van der Waals surface area contributed by atoms with Gasteiger partial charge < -0.3 is 15.5 Å². The standard InChI is InChI=1S/C14H13NO2S/c16-8-9-1-3-10(4-2-9)14-15-12-6-5-11(17)7-13(12)18-14/h1-7,14-17H,8H2. The van der Waals surface area contributed by atoms with Crippen molar-refractivity contribution in [3.05, 3.63) is 53.6 Å². The van der Waals surface area contributed by atoms with Crippen molar-refractivity contribution >= 4 is 17.4 Å². The molecule has 2 aromatic carbocycles. The third-order valence-electron chi connectivity index (χ3n) is 2.96. The van der Waals surface area contributed by atoms with Crippen LogP contribution < -0.4 is 5.32 Å². The maximum atomic E-state index is 9.45. The predicted octanol–water partition coefficient (Wildman–Crippen LogP) is 3.10. The number of phenolic OH excluding ortho intramolecular Hbond substituents is 1. The van der Waals surface area contributed by atoms with Crippen LogP contribution in [0.25, 0.3) is 0 Å². The average molecular weight is 259 g/mol.